The highest BCUT2D eigenvalue weighted by molar-refractivity contribution is 6.30. The topological polar surface area (TPSA) is 58.1 Å². The van der Waals surface area contributed by atoms with Crippen LogP contribution in [-0.4, -0.2) is 36.0 Å². The quantitative estimate of drug-likeness (QED) is 0.814. The Kier molecular flexibility index (Phi) is 6.02. The van der Waals surface area contributed by atoms with Crippen LogP contribution in [0.3, 0.4) is 0 Å². The van der Waals surface area contributed by atoms with Crippen LogP contribution in [0.1, 0.15) is 38.7 Å². The van der Waals surface area contributed by atoms with Crippen molar-refractivity contribution in [3.63, 3.8) is 0 Å². The van der Waals surface area contributed by atoms with Crippen LogP contribution in [-0.2, 0) is 4.79 Å². The van der Waals surface area contributed by atoms with E-state index in [9.17, 15) is 4.79 Å². The van der Waals surface area contributed by atoms with Crippen LogP contribution in [0.4, 0.5) is 5.82 Å². The molecule has 1 aromatic heterocycles. The van der Waals surface area contributed by atoms with Gasteiger partial charge in [0.2, 0.25) is 5.91 Å². The molecule has 106 valence electrons. The van der Waals surface area contributed by atoms with Crippen LogP contribution < -0.4 is 10.2 Å². The highest BCUT2D eigenvalue weighted by Crippen LogP contribution is 2.29. The third-order valence-electron chi connectivity index (χ3n) is 2.71. The van der Waals surface area contributed by atoms with Crippen LogP contribution in [0, 0.1) is 0 Å². The lowest BCUT2D eigenvalue weighted by Crippen LogP contribution is -2.36. The van der Waals surface area contributed by atoms with E-state index in [-0.39, 0.29) is 18.4 Å². The van der Waals surface area contributed by atoms with E-state index >= 15 is 0 Å². The first-order chi connectivity index (χ1) is 8.97. The van der Waals surface area contributed by atoms with Gasteiger partial charge in [0, 0.05) is 19.2 Å². The van der Waals surface area contributed by atoms with Crippen molar-refractivity contribution < 1.29 is 4.79 Å². The van der Waals surface area contributed by atoms with Crippen LogP contribution in [0.2, 0.25) is 5.15 Å². The number of hydrogen-bond donors (Lipinski definition) is 1. The molecule has 1 heterocycles. The van der Waals surface area contributed by atoms with Crippen molar-refractivity contribution in [2.24, 2.45) is 0 Å². The number of halogens is 1. The first-order valence-corrected chi connectivity index (χ1v) is 6.83. The molecule has 0 saturated carbocycles. The fourth-order valence-corrected chi connectivity index (χ4v) is 2.12. The van der Waals surface area contributed by atoms with Gasteiger partial charge in [0.25, 0.3) is 0 Å². The second kappa shape index (κ2) is 7.28. The number of hydrogen-bond acceptors (Lipinski definition) is 4. The van der Waals surface area contributed by atoms with Gasteiger partial charge in [0.05, 0.1) is 6.54 Å². The molecule has 0 atom stereocenters. The number of rotatable bonds is 6. The molecule has 1 N–H and O–H groups in total. The summed E-state index contributed by atoms with van der Waals surface area (Å²) in [5, 5.41) is 3.28. The Morgan fingerprint density at radius 3 is 2.74 bits per heavy atom. The average molecular weight is 285 g/mol. The number of carbonyl (C=O) groups is 1. The van der Waals surface area contributed by atoms with Crippen LogP contribution in [0.15, 0.2) is 6.33 Å². The van der Waals surface area contributed by atoms with E-state index in [1.807, 2.05) is 27.8 Å². The zero-order valence-electron chi connectivity index (χ0n) is 11.9. The lowest BCUT2D eigenvalue weighted by Gasteiger charge is -2.22. The Labute approximate surface area is 119 Å². The number of amides is 1. The molecule has 0 bridgehead atoms. The molecule has 0 aromatic carbocycles. The molecule has 0 saturated heterocycles. The van der Waals surface area contributed by atoms with E-state index in [0.717, 1.165) is 12.0 Å². The Morgan fingerprint density at radius 1 is 1.47 bits per heavy atom. The molecular formula is C13H21ClN4O. The van der Waals surface area contributed by atoms with Gasteiger partial charge in [-0.25, -0.2) is 9.97 Å². The molecule has 0 radical (unpaired) electrons. The Bertz CT molecular complexity index is 437. The summed E-state index contributed by atoms with van der Waals surface area (Å²) in [4.78, 5) is 21.8. The van der Waals surface area contributed by atoms with E-state index in [1.165, 1.54) is 6.33 Å². The third-order valence-corrected chi connectivity index (χ3v) is 3.01. The SMILES string of the molecule is CCCNC(=O)CN(C)c1ncnc(Cl)c1C(C)C. The minimum absolute atomic E-state index is 0.0196. The van der Waals surface area contributed by atoms with Gasteiger partial charge in [-0.3, -0.25) is 4.79 Å². The monoisotopic (exact) mass is 284 g/mol. The van der Waals surface area contributed by atoms with Gasteiger partial charge in [-0.1, -0.05) is 32.4 Å². The molecule has 6 heteroatoms. The van der Waals surface area contributed by atoms with Crippen molar-refractivity contribution in [1.82, 2.24) is 15.3 Å². The summed E-state index contributed by atoms with van der Waals surface area (Å²) in [5.41, 5.74) is 0.870. The van der Waals surface area contributed by atoms with Crippen molar-refractivity contribution in [3.05, 3.63) is 17.0 Å². The molecular weight excluding hydrogens is 264 g/mol. The second-order valence-corrected chi connectivity index (χ2v) is 5.12. The van der Waals surface area contributed by atoms with E-state index < -0.39 is 0 Å². The number of carbonyl (C=O) groups excluding carboxylic acids is 1. The fraction of sp³-hybridized carbons (Fsp3) is 0.615. The van der Waals surface area contributed by atoms with Crippen molar-refractivity contribution in [2.45, 2.75) is 33.1 Å². The maximum absolute atomic E-state index is 11.7. The molecule has 0 fully saturated rings. The lowest BCUT2D eigenvalue weighted by atomic mass is 10.1. The lowest BCUT2D eigenvalue weighted by molar-refractivity contribution is -0.119. The first-order valence-electron chi connectivity index (χ1n) is 6.45. The predicted octanol–water partition coefficient (Wildman–Crippen LogP) is 2.22. The second-order valence-electron chi connectivity index (χ2n) is 4.76. The molecule has 0 aliphatic heterocycles. The smallest absolute Gasteiger partial charge is 0.239 e. The summed E-state index contributed by atoms with van der Waals surface area (Å²) < 4.78 is 0. The summed E-state index contributed by atoms with van der Waals surface area (Å²) in [6.45, 7) is 7.02. The zero-order chi connectivity index (χ0) is 14.4. The maximum atomic E-state index is 11.7. The maximum Gasteiger partial charge on any atom is 0.239 e. The van der Waals surface area contributed by atoms with Crippen molar-refractivity contribution in [3.8, 4) is 0 Å². The van der Waals surface area contributed by atoms with Crippen molar-refractivity contribution in [2.75, 3.05) is 25.0 Å². The summed E-state index contributed by atoms with van der Waals surface area (Å²) in [5.74, 6) is 0.889. The average Bonchev–Trinajstić information content (AvgIpc) is 2.35. The highest BCUT2D eigenvalue weighted by Gasteiger charge is 2.18. The van der Waals surface area contributed by atoms with E-state index in [4.69, 9.17) is 11.6 Å². The molecule has 0 unspecified atom stereocenters. The molecule has 1 rings (SSSR count). The number of aromatic nitrogens is 2. The van der Waals surface area contributed by atoms with Crippen LogP contribution in [0.5, 0.6) is 0 Å². The Morgan fingerprint density at radius 2 is 2.16 bits per heavy atom. The van der Waals surface area contributed by atoms with E-state index in [0.29, 0.717) is 17.5 Å². The zero-order valence-corrected chi connectivity index (χ0v) is 12.7. The molecule has 0 aliphatic rings. The van der Waals surface area contributed by atoms with E-state index in [1.54, 1.807) is 4.90 Å². The van der Waals surface area contributed by atoms with Gasteiger partial charge in [0.1, 0.15) is 17.3 Å². The largest absolute Gasteiger partial charge is 0.355 e. The fourth-order valence-electron chi connectivity index (χ4n) is 1.78. The summed E-state index contributed by atoms with van der Waals surface area (Å²) >= 11 is 6.11. The van der Waals surface area contributed by atoms with Gasteiger partial charge >= 0.3 is 0 Å². The van der Waals surface area contributed by atoms with E-state index in [2.05, 4.69) is 15.3 Å². The number of nitrogens with zero attached hydrogens (tertiary/aromatic N) is 3. The minimum Gasteiger partial charge on any atom is -0.355 e. The predicted molar refractivity (Wildman–Crippen MR) is 77.7 cm³/mol. The summed E-state index contributed by atoms with van der Waals surface area (Å²) in [6, 6.07) is 0. The standard InChI is InChI=1S/C13H21ClN4O/c1-5-6-15-10(19)7-18(4)13-11(9(2)3)12(14)16-8-17-13/h8-9H,5-7H2,1-4H3,(H,15,19). The molecule has 19 heavy (non-hydrogen) atoms. The summed E-state index contributed by atoms with van der Waals surface area (Å²) in [7, 11) is 1.83. The first kappa shape index (κ1) is 15.7. The number of anilines is 1. The minimum atomic E-state index is -0.0196. The van der Waals surface area contributed by atoms with Gasteiger partial charge < -0.3 is 10.2 Å². The molecule has 1 amide bonds. The van der Waals surface area contributed by atoms with Gasteiger partial charge in [-0.2, -0.15) is 0 Å². The van der Waals surface area contributed by atoms with Gasteiger partial charge in [-0.05, 0) is 12.3 Å². The van der Waals surface area contributed by atoms with Crippen molar-refractivity contribution in [1.29, 1.82) is 0 Å². The Hall–Kier alpha value is -1.36. The third kappa shape index (κ3) is 4.35. The highest BCUT2D eigenvalue weighted by atomic mass is 35.5. The van der Waals surface area contributed by atoms with Crippen molar-refractivity contribution >= 4 is 23.3 Å². The molecule has 0 aliphatic carbocycles. The number of nitrogens with one attached hydrogen (secondary N) is 1. The van der Waals surface area contributed by atoms with Crippen LogP contribution >= 0.6 is 11.6 Å². The summed E-state index contributed by atoms with van der Waals surface area (Å²) in [6.07, 6.45) is 2.34. The Balaban J connectivity index is 2.85. The molecule has 5 nitrogen and oxygen atoms in total. The normalized spacial score (nSPS) is 10.6. The number of likely N-dealkylation sites (N-methyl/N-ethyl adjacent to an activating group) is 1. The van der Waals surface area contributed by atoms with Gasteiger partial charge in [0.15, 0.2) is 0 Å². The molecule has 0 spiro atoms. The van der Waals surface area contributed by atoms with Crippen LogP contribution in [0.25, 0.3) is 0 Å². The molecule has 1 aromatic rings. The van der Waals surface area contributed by atoms with Gasteiger partial charge in [-0.15, -0.1) is 0 Å².